The van der Waals surface area contributed by atoms with Crippen LogP contribution in [0.4, 0.5) is 0 Å². The number of nitrogens with zero attached hydrogens (tertiary/aromatic N) is 2. The Morgan fingerprint density at radius 3 is 2.12 bits per heavy atom. The first-order chi connectivity index (χ1) is 19.2. The molecule has 1 fully saturated rings. The van der Waals surface area contributed by atoms with E-state index in [4.69, 9.17) is 18.9 Å². The molecule has 2 aromatic rings. The largest absolute Gasteiger partial charge is 0.493 e. The molecule has 2 amide bonds. The summed E-state index contributed by atoms with van der Waals surface area (Å²) < 4.78 is 22.0. The lowest BCUT2D eigenvalue weighted by molar-refractivity contribution is -0.124. The Morgan fingerprint density at radius 2 is 1.50 bits per heavy atom. The second-order valence-corrected chi connectivity index (χ2v) is 11.1. The highest BCUT2D eigenvalue weighted by atomic mass is 16.5. The molecular formula is C31H43N3O6. The lowest BCUT2D eigenvalue weighted by Crippen LogP contribution is -2.46. The van der Waals surface area contributed by atoms with Crippen molar-refractivity contribution in [3.8, 4) is 23.0 Å². The van der Waals surface area contributed by atoms with Crippen molar-refractivity contribution in [3.05, 3.63) is 47.0 Å². The summed E-state index contributed by atoms with van der Waals surface area (Å²) in [5.74, 6) is 2.38. The maximum Gasteiger partial charge on any atom is 0.254 e. The number of carbonyl (C=O) groups is 2. The van der Waals surface area contributed by atoms with Gasteiger partial charge >= 0.3 is 0 Å². The third-order valence-corrected chi connectivity index (χ3v) is 8.10. The van der Waals surface area contributed by atoms with Gasteiger partial charge < -0.3 is 34.1 Å². The quantitative estimate of drug-likeness (QED) is 0.443. The van der Waals surface area contributed by atoms with E-state index in [-0.39, 0.29) is 11.8 Å². The maximum atomic E-state index is 14.0. The fourth-order valence-electron chi connectivity index (χ4n) is 6.38. The summed E-state index contributed by atoms with van der Waals surface area (Å²) in [5, 5.41) is 3.18. The van der Waals surface area contributed by atoms with Crippen LogP contribution in [0.15, 0.2) is 30.3 Å². The normalized spacial score (nSPS) is 22.9. The number of ether oxygens (including phenoxy) is 4. The highest BCUT2D eigenvalue weighted by Gasteiger charge is 2.43. The number of nitrogens with one attached hydrogen (secondary N) is 1. The van der Waals surface area contributed by atoms with Crippen LogP contribution in [0.5, 0.6) is 23.0 Å². The van der Waals surface area contributed by atoms with E-state index in [1.807, 2.05) is 12.1 Å². The van der Waals surface area contributed by atoms with Gasteiger partial charge in [-0.2, -0.15) is 0 Å². The van der Waals surface area contributed by atoms with Crippen LogP contribution in [0.25, 0.3) is 0 Å². The van der Waals surface area contributed by atoms with Gasteiger partial charge in [0.2, 0.25) is 5.91 Å². The Kier molecular flexibility index (Phi) is 9.45. The van der Waals surface area contributed by atoms with Gasteiger partial charge in [-0.25, -0.2) is 0 Å². The molecule has 40 heavy (non-hydrogen) atoms. The topological polar surface area (TPSA) is 89.6 Å². The molecule has 1 saturated heterocycles. The Morgan fingerprint density at radius 1 is 0.900 bits per heavy atom. The molecule has 218 valence electrons. The third-order valence-electron chi connectivity index (χ3n) is 8.10. The molecule has 9 heteroatoms. The van der Waals surface area contributed by atoms with Crippen LogP contribution in [0.3, 0.4) is 0 Å². The van der Waals surface area contributed by atoms with Gasteiger partial charge in [0, 0.05) is 32.2 Å². The van der Waals surface area contributed by atoms with Crippen molar-refractivity contribution in [2.45, 2.75) is 38.6 Å². The van der Waals surface area contributed by atoms with Gasteiger partial charge in [0.05, 0.1) is 40.4 Å². The summed E-state index contributed by atoms with van der Waals surface area (Å²) in [7, 11) is 7.94. The maximum absolute atomic E-state index is 14.0. The number of piperidine rings is 1. The molecule has 1 N–H and O–H groups in total. The number of likely N-dealkylation sites (tertiary alicyclic amines) is 1. The Hall–Kier alpha value is -3.46. The Labute approximate surface area is 237 Å². The summed E-state index contributed by atoms with van der Waals surface area (Å²) >= 11 is 0. The number of rotatable bonds is 10. The summed E-state index contributed by atoms with van der Waals surface area (Å²) in [5.41, 5.74) is 1.80. The van der Waals surface area contributed by atoms with Crippen molar-refractivity contribution in [2.24, 2.45) is 11.8 Å². The molecule has 0 spiro atoms. The molecule has 0 saturated carbocycles. The Balaban J connectivity index is 1.65. The van der Waals surface area contributed by atoms with Crippen LogP contribution in [-0.4, -0.2) is 83.3 Å². The van der Waals surface area contributed by atoms with Gasteiger partial charge in [0.15, 0.2) is 23.0 Å². The van der Waals surface area contributed by atoms with Crippen molar-refractivity contribution in [2.75, 3.05) is 61.7 Å². The number of hydrogen-bond acceptors (Lipinski definition) is 7. The summed E-state index contributed by atoms with van der Waals surface area (Å²) in [4.78, 5) is 31.7. The van der Waals surface area contributed by atoms with E-state index in [0.29, 0.717) is 52.5 Å². The predicted octanol–water partition coefficient (Wildman–Crippen LogP) is 4.12. The molecule has 0 radical (unpaired) electrons. The fourth-order valence-corrected chi connectivity index (χ4v) is 6.38. The molecule has 0 bridgehead atoms. The molecule has 9 nitrogen and oxygen atoms in total. The molecule has 2 aromatic carbocycles. The van der Waals surface area contributed by atoms with Gasteiger partial charge in [-0.05, 0) is 66.6 Å². The van der Waals surface area contributed by atoms with Gasteiger partial charge in [0.25, 0.3) is 5.91 Å². The number of fused-ring (bicyclic) bond motifs is 1. The zero-order valence-corrected chi connectivity index (χ0v) is 24.8. The smallest absolute Gasteiger partial charge is 0.254 e. The molecule has 0 aliphatic carbocycles. The van der Waals surface area contributed by atoms with E-state index >= 15 is 0 Å². The highest BCUT2D eigenvalue weighted by Crippen LogP contribution is 2.46. The number of carbonyl (C=O) groups excluding carboxylic acids is 2. The third kappa shape index (κ3) is 5.99. The van der Waals surface area contributed by atoms with Crippen LogP contribution in [-0.2, 0) is 4.79 Å². The van der Waals surface area contributed by atoms with E-state index in [1.54, 1.807) is 51.5 Å². The lowest BCUT2D eigenvalue weighted by atomic mass is 9.79. The average Bonchev–Trinajstić information content (AvgIpc) is 2.95. The number of likely N-dealkylation sites (N-methyl/N-ethyl adjacent to an activating group) is 1. The van der Waals surface area contributed by atoms with E-state index in [9.17, 15) is 9.59 Å². The van der Waals surface area contributed by atoms with Crippen LogP contribution in [0.2, 0.25) is 0 Å². The summed E-state index contributed by atoms with van der Waals surface area (Å²) in [6, 6.07) is 8.36. The van der Waals surface area contributed by atoms with Crippen LogP contribution < -0.4 is 24.3 Å². The minimum atomic E-state index is -0.675. The molecule has 2 aliphatic rings. The lowest BCUT2D eigenvalue weighted by Gasteiger charge is -2.40. The standard InChI is InChI=1S/C31H43N3O6/c1-19-13-20(2)18-34(17-19)12-8-11-32-30(35)28-22-15-26(39-6)27(40-7)16-23(22)31(36)33(3)29(28)21-9-10-24(37-4)25(14-21)38-5/h9-10,14-16,19-20,28-29H,8,11-13,17-18H2,1-7H3,(H,32,35)/t19-,20+,28-,29-/m0/s1. The predicted molar refractivity (Wildman–Crippen MR) is 154 cm³/mol. The fraction of sp³-hybridized carbons (Fsp3) is 0.548. The first kappa shape index (κ1) is 29.5. The molecule has 0 unspecified atom stereocenters. The van der Waals surface area contributed by atoms with Gasteiger partial charge in [-0.1, -0.05) is 19.9 Å². The number of hydrogen-bond donors (Lipinski definition) is 1. The molecule has 4 atom stereocenters. The van der Waals surface area contributed by atoms with E-state index in [2.05, 4.69) is 24.1 Å². The monoisotopic (exact) mass is 553 g/mol. The minimum Gasteiger partial charge on any atom is -0.493 e. The summed E-state index contributed by atoms with van der Waals surface area (Å²) in [6.07, 6.45) is 2.12. The zero-order chi connectivity index (χ0) is 29.0. The van der Waals surface area contributed by atoms with Crippen LogP contribution in [0, 0.1) is 11.8 Å². The summed E-state index contributed by atoms with van der Waals surface area (Å²) in [6.45, 7) is 8.31. The van der Waals surface area contributed by atoms with Gasteiger partial charge in [-0.15, -0.1) is 0 Å². The molecule has 4 rings (SSSR count). The van der Waals surface area contributed by atoms with Crippen molar-refractivity contribution < 1.29 is 28.5 Å². The number of methoxy groups -OCH3 is 4. The van der Waals surface area contributed by atoms with E-state index in [1.165, 1.54) is 13.5 Å². The first-order valence-corrected chi connectivity index (χ1v) is 14.0. The van der Waals surface area contributed by atoms with Crippen molar-refractivity contribution in [3.63, 3.8) is 0 Å². The SMILES string of the molecule is COc1ccc([C@H]2[C@@H](C(=O)NCCCN3C[C@H](C)C[C@H](C)C3)c3cc(OC)c(OC)cc3C(=O)N2C)cc1OC. The highest BCUT2D eigenvalue weighted by molar-refractivity contribution is 6.02. The van der Waals surface area contributed by atoms with Crippen LogP contribution >= 0.6 is 0 Å². The van der Waals surface area contributed by atoms with Crippen molar-refractivity contribution in [1.82, 2.24) is 15.1 Å². The van der Waals surface area contributed by atoms with Crippen molar-refractivity contribution >= 4 is 11.8 Å². The second kappa shape index (κ2) is 12.8. The zero-order valence-electron chi connectivity index (χ0n) is 24.8. The van der Waals surface area contributed by atoms with E-state index in [0.717, 1.165) is 31.6 Å². The molecule has 2 aliphatic heterocycles. The van der Waals surface area contributed by atoms with E-state index < -0.39 is 12.0 Å². The van der Waals surface area contributed by atoms with Gasteiger partial charge in [0.1, 0.15) is 0 Å². The average molecular weight is 554 g/mol. The Bertz CT molecular complexity index is 1210. The minimum absolute atomic E-state index is 0.145. The molecule has 0 aromatic heterocycles. The molecule has 2 heterocycles. The number of benzene rings is 2. The molecular weight excluding hydrogens is 510 g/mol. The second-order valence-electron chi connectivity index (χ2n) is 11.1. The first-order valence-electron chi connectivity index (χ1n) is 14.0. The van der Waals surface area contributed by atoms with Gasteiger partial charge in [-0.3, -0.25) is 9.59 Å². The van der Waals surface area contributed by atoms with Crippen LogP contribution in [0.1, 0.15) is 60.1 Å². The number of amides is 2. The van der Waals surface area contributed by atoms with Crippen molar-refractivity contribution in [1.29, 1.82) is 0 Å².